The number of rotatable bonds is 25. The first-order valence-electron chi connectivity index (χ1n) is 20.7. The number of likely N-dealkylation sites (N-methyl/N-ethyl adjacent to an activating group) is 2. The molecule has 1 aromatic rings. The van der Waals surface area contributed by atoms with Crippen molar-refractivity contribution in [2.75, 3.05) is 40.6 Å². The summed E-state index contributed by atoms with van der Waals surface area (Å²) in [6, 6.07) is 7.88. The van der Waals surface area contributed by atoms with Crippen LogP contribution in [0.1, 0.15) is 99.5 Å². The summed E-state index contributed by atoms with van der Waals surface area (Å²) in [5, 5.41) is 3.10. The van der Waals surface area contributed by atoms with Gasteiger partial charge in [-0.2, -0.15) is 0 Å². The van der Waals surface area contributed by atoms with Gasteiger partial charge in [0.05, 0.1) is 42.5 Å². The van der Waals surface area contributed by atoms with Gasteiger partial charge in [-0.3, -0.25) is 28.7 Å². The Labute approximate surface area is 342 Å². The van der Waals surface area contributed by atoms with Gasteiger partial charge in [0.25, 0.3) is 0 Å². The van der Waals surface area contributed by atoms with Crippen molar-refractivity contribution in [3.8, 4) is 0 Å². The first-order valence-corrected chi connectivity index (χ1v) is 22.4. The molecule has 1 aliphatic heterocycles. The summed E-state index contributed by atoms with van der Waals surface area (Å²) >= 11 is 0. The molecule has 0 bridgehead atoms. The number of Topliss-reactive ketones (excluding diaryl/α,β-unsaturated/α-hetero) is 2. The highest BCUT2D eigenvalue weighted by atomic mass is 32.2. The van der Waals surface area contributed by atoms with Crippen molar-refractivity contribution in [1.82, 2.24) is 19.8 Å². The van der Waals surface area contributed by atoms with Gasteiger partial charge in [-0.25, -0.2) is 8.42 Å². The van der Waals surface area contributed by atoms with Gasteiger partial charge < -0.3 is 24.6 Å². The van der Waals surface area contributed by atoms with Crippen LogP contribution in [-0.2, 0) is 49.9 Å². The summed E-state index contributed by atoms with van der Waals surface area (Å²) in [5.41, 5.74) is 0.792. The van der Waals surface area contributed by atoms with Crippen LogP contribution in [0.3, 0.4) is 0 Å². The SMILES string of the molecule is CC[C@H](C)[C@@H]([C@@H](CC(=O)N1CCC[C@H]1[C@H](OC)[C@@H](C)C(=O)C[C@@H](Cc1ccccc1)C(=O)NS(=O)(=O)CC)OC)N(C)C(=O)[C@@H](CC(=O)[C@@H](NC)C(C)C)C(C)C. The lowest BCUT2D eigenvalue weighted by atomic mass is 9.84. The van der Waals surface area contributed by atoms with Gasteiger partial charge in [0.15, 0.2) is 5.78 Å². The van der Waals surface area contributed by atoms with Crippen LogP contribution < -0.4 is 10.0 Å². The Morgan fingerprint density at radius 3 is 2.04 bits per heavy atom. The second-order valence-corrected chi connectivity index (χ2v) is 18.6. The smallest absolute Gasteiger partial charge is 0.237 e. The number of hydrogen-bond acceptors (Lipinski definition) is 10. The quantitative estimate of drug-likeness (QED) is 0.142. The van der Waals surface area contributed by atoms with Crippen LogP contribution >= 0.6 is 0 Å². The largest absolute Gasteiger partial charge is 0.379 e. The first-order chi connectivity index (χ1) is 26.8. The van der Waals surface area contributed by atoms with Gasteiger partial charge in [0.1, 0.15) is 5.78 Å². The zero-order chi connectivity index (χ0) is 43.2. The molecule has 0 aromatic heterocycles. The highest BCUT2D eigenvalue weighted by Gasteiger charge is 2.43. The average molecular weight is 821 g/mol. The number of sulfonamides is 1. The van der Waals surface area contributed by atoms with Crippen molar-refractivity contribution < 1.29 is 41.9 Å². The monoisotopic (exact) mass is 821 g/mol. The van der Waals surface area contributed by atoms with Gasteiger partial charge in [0.2, 0.25) is 27.7 Å². The third-order valence-electron chi connectivity index (χ3n) is 12.0. The third kappa shape index (κ3) is 14.0. The lowest BCUT2D eigenvalue weighted by Crippen LogP contribution is -2.54. The summed E-state index contributed by atoms with van der Waals surface area (Å²) in [5.74, 6) is -3.89. The van der Waals surface area contributed by atoms with E-state index in [1.54, 1.807) is 37.9 Å². The van der Waals surface area contributed by atoms with E-state index in [-0.39, 0.29) is 78.6 Å². The molecule has 1 saturated heterocycles. The van der Waals surface area contributed by atoms with Gasteiger partial charge >= 0.3 is 0 Å². The number of carbonyl (C=O) groups is 5. The van der Waals surface area contributed by atoms with Gasteiger partial charge in [0, 0.05) is 58.4 Å². The maximum Gasteiger partial charge on any atom is 0.237 e. The van der Waals surface area contributed by atoms with E-state index in [0.717, 1.165) is 12.0 Å². The highest BCUT2D eigenvalue weighted by molar-refractivity contribution is 7.90. The van der Waals surface area contributed by atoms with Crippen LogP contribution in [0, 0.1) is 35.5 Å². The van der Waals surface area contributed by atoms with Crippen molar-refractivity contribution >= 4 is 39.3 Å². The predicted molar refractivity (Wildman–Crippen MR) is 223 cm³/mol. The van der Waals surface area contributed by atoms with Crippen molar-refractivity contribution in [3.63, 3.8) is 0 Å². The molecule has 14 heteroatoms. The zero-order valence-electron chi connectivity index (χ0n) is 36.6. The molecule has 1 fully saturated rings. The van der Waals surface area contributed by atoms with E-state index in [0.29, 0.717) is 19.4 Å². The summed E-state index contributed by atoms with van der Waals surface area (Å²) in [6.45, 7) is 15.5. The van der Waals surface area contributed by atoms with E-state index in [2.05, 4.69) is 10.0 Å². The summed E-state index contributed by atoms with van der Waals surface area (Å²) in [6.07, 6.45) is 0.750. The van der Waals surface area contributed by atoms with E-state index >= 15 is 0 Å². The van der Waals surface area contributed by atoms with Crippen molar-refractivity contribution in [2.45, 2.75) is 131 Å². The Balaban J connectivity index is 2.32. The molecule has 0 aliphatic carbocycles. The standard InChI is InChI=1S/C43H72N4O9S/c1-13-29(7)40(46(10)43(52)33(27(3)4)25-36(49)39(44-9)28(5)6)37(55-11)26-38(50)47-22-18-21-34(47)41(56-12)30(8)35(48)24-32(23-31-19-16-15-17-20-31)42(51)45-57(53,54)14-2/h15-17,19-20,27-30,32-34,37,39-41,44H,13-14,18,21-26H2,1-12H3,(H,45,51)/t29-,30-,32+,33-,34-,37+,39-,40-,41+/m0/s1. The minimum Gasteiger partial charge on any atom is -0.379 e. The molecule has 0 saturated carbocycles. The second kappa shape index (κ2) is 23.4. The van der Waals surface area contributed by atoms with Gasteiger partial charge in [-0.1, -0.05) is 85.2 Å². The molecule has 57 heavy (non-hydrogen) atoms. The van der Waals surface area contributed by atoms with Crippen LogP contribution in [0.5, 0.6) is 0 Å². The Bertz CT molecular complexity index is 1570. The molecule has 324 valence electrons. The Hall–Kier alpha value is -3.20. The summed E-state index contributed by atoms with van der Waals surface area (Å²) in [7, 11) is 2.70. The zero-order valence-corrected chi connectivity index (χ0v) is 37.4. The summed E-state index contributed by atoms with van der Waals surface area (Å²) in [4.78, 5) is 72.5. The number of ketones is 2. The fourth-order valence-corrected chi connectivity index (χ4v) is 8.93. The van der Waals surface area contributed by atoms with E-state index < -0.39 is 58.0 Å². The topological polar surface area (TPSA) is 168 Å². The van der Waals surface area contributed by atoms with Gasteiger partial charge in [-0.05, 0) is 56.6 Å². The summed E-state index contributed by atoms with van der Waals surface area (Å²) < 4.78 is 38.7. The maximum atomic E-state index is 14.3. The first kappa shape index (κ1) is 49.9. The lowest BCUT2D eigenvalue weighted by Gasteiger charge is -2.41. The number of amides is 3. The van der Waals surface area contributed by atoms with Gasteiger partial charge in [-0.15, -0.1) is 0 Å². The number of nitrogens with one attached hydrogen (secondary N) is 2. The normalized spacial score (nSPS) is 19.0. The van der Waals surface area contributed by atoms with Crippen LogP contribution in [-0.4, -0.2) is 118 Å². The van der Waals surface area contributed by atoms with Crippen molar-refractivity contribution in [3.05, 3.63) is 35.9 Å². The van der Waals surface area contributed by atoms with E-state index in [9.17, 15) is 32.4 Å². The minimum atomic E-state index is -3.85. The highest BCUT2D eigenvalue weighted by Crippen LogP contribution is 2.32. The molecular weight excluding hydrogens is 749 g/mol. The number of carbonyl (C=O) groups excluding carboxylic acids is 5. The molecule has 1 aromatic carbocycles. The number of hydrogen-bond donors (Lipinski definition) is 2. The average Bonchev–Trinajstić information content (AvgIpc) is 3.66. The van der Waals surface area contributed by atoms with Crippen molar-refractivity contribution in [1.29, 1.82) is 0 Å². The Kier molecular flexibility index (Phi) is 20.5. The minimum absolute atomic E-state index is 0.00795. The van der Waals surface area contributed by atoms with E-state index in [1.165, 1.54) is 14.0 Å². The Morgan fingerprint density at radius 1 is 0.895 bits per heavy atom. The van der Waals surface area contributed by atoms with E-state index in [4.69, 9.17) is 9.47 Å². The number of methoxy groups -OCH3 is 2. The van der Waals surface area contributed by atoms with Crippen LogP contribution in [0.15, 0.2) is 30.3 Å². The Morgan fingerprint density at radius 2 is 1.53 bits per heavy atom. The molecule has 2 N–H and O–H groups in total. The molecule has 13 nitrogen and oxygen atoms in total. The number of nitrogens with zero attached hydrogens (tertiary/aromatic N) is 2. The van der Waals surface area contributed by atoms with Crippen molar-refractivity contribution in [2.24, 2.45) is 35.5 Å². The van der Waals surface area contributed by atoms with E-state index in [1.807, 2.05) is 71.9 Å². The number of ether oxygens (including phenoxy) is 2. The molecule has 9 atom stereocenters. The maximum absolute atomic E-state index is 14.3. The number of likely N-dealkylation sites (tertiary alicyclic amines) is 1. The lowest BCUT2D eigenvalue weighted by molar-refractivity contribution is -0.149. The van der Waals surface area contributed by atoms with Crippen LogP contribution in [0.25, 0.3) is 0 Å². The second-order valence-electron chi connectivity index (χ2n) is 16.5. The molecule has 3 amide bonds. The fraction of sp³-hybridized carbons (Fsp3) is 0.744. The molecule has 1 heterocycles. The predicted octanol–water partition coefficient (Wildman–Crippen LogP) is 4.67. The third-order valence-corrected chi connectivity index (χ3v) is 13.3. The molecule has 0 spiro atoms. The molecule has 0 radical (unpaired) electrons. The van der Waals surface area contributed by atoms with Crippen LogP contribution in [0.4, 0.5) is 0 Å². The fourth-order valence-electron chi connectivity index (χ4n) is 8.31. The molecule has 0 unspecified atom stereocenters. The molecule has 2 rings (SSSR count). The number of benzene rings is 1. The molecule has 1 aliphatic rings. The van der Waals surface area contributed by atoms with Crippen LogP contribution in [0.2, 0.25) is 0 Å². The molecular formula is C43H72N4O9S.